The topological polar surface area (TPSA) is 75.9 Å². The SMILES string of the molecule is CC1(C)c2ccccc2N(c2ccc3c(c2)c2ccc(N4c5ccccc5C(C)(C)c5ccccc54)cc2n3-c2cnc3c(c2)c2nccnc2c2cc(-c4cccc(-c5cccnc5)c4)cnc23)c2ccccc21. The summed E-state index contributed by atoms with van der Waals surface area (Å²) in [6.45, 7) is 9.34. The van der Waals surface area contributed by atoms with Crippen molar-refractivity contribution in [3.05, 3.63) is 241 Å². The zero-order chi connectivity index (χ0) is 50.2. The Morgan fingerprint density at radius 3 is 1.40 bits per heavy atom. The molecule has 0 atom stereocenters. The summed E-state index contributed by atoms with van der Waals surface area (Å²) in [6, 6.07) is 66.3. The molecule has 7 heterocycles. The summed E-state index contributed by atoms with van der Waals surface area (Å²) < 4.78 is 2.38. The molecule has 2 aliphatic heterocycles. The second kappa shape index (κ2) is 16.0. The van der Waals surface area contributed by atoms with Crippen molar-refractivity contribution in [3.8, 4) is 27.9 Å². The Kier molecular flexibility index (Phi) is 9.18. The molecule has 15 rings (SSSR count). The maximum absolute atomic E-state index is 5.35. The molecule has 13 aromatic rings. The third kappa shape index (κ3) is 6.32. The molecule has 0 unspecified atom stereocenters. The number of nitrogens with zero attached hydrogens (tertiary/aromatic N) is 8. The van der Waals surface area contributed by atoms with E-state index < -0.39 is 0 Å². The number of benzene rings is 8. The lowest BCUT2D eigenvalue weighted by atomic mass is 9.73. The molecule has 2 aliphatic rings. The van der Waals surface area contributed by atoms with Gasteiger partial charge in [-0.15, -0.1) is 0 Å². The minimum Gasteiger partial charge on any atom is -0.310 e. The lowest BCUT2D eigenvalue weighted by molar-refractivity contribution is 0.632. The summed E-state index contributed by atoms with van der Waals surface area (Å²) in [5.74, 6) is 0. The van der Waals surface area contributed by atoms with E-state index in [9.17, 15) is 0 Å². The molecule has 0 bridgehead atoms. The van der Waals surface area contributed by atoms with Gasteiger partial charge in [0.1, 0.15) is 0 Å². The van der Waals surface area contributed by atoms with Gasteiger partial charge >= 0.3 is 0 Å². The van der Waals surface area contributed by atoms with E-state index >= 15 is 0 Å². The first kappa shape index (κ1) is 43.1. The predicted octanol–water partition coefficient (Wildman–Crippen LogP) is 16.8. The summed E-state index contributed by atoms with van der Waals surface area (Å²) in [5.41, 5.74) is 22.1. The number of aromatic nitrogens is 6. The number of rotatable bonds is 5. The van der Waals surface area contributed by atoms with Crippen molar-refractivity contribution in [2.24, 2.45) is 0 Å². The molecule has 5 aromatic heterocycles. The molecular weight excluding hydrogens is 917 g/mol. The molecule has 8 aromatic carbocycles. The molecule has 0 amide bonds. The lowest BCUT2D eigenvalue weighted by Gasteiger charge is -2.42. The van der Waals surface area contributed by atoms with Crippen LogP contribution in [0.1, 0.15) is 49.9 Å². The average Bonchev–Trinajstić information content (AvgIpc) is 3.82. The van der Waals surface area contributed by atoms with Crippen LogP contribution in [0.3, 0.4) is 0 Å². The van der Waals surface area contributed by atoms with Gasteiger partial charge in [0.15, 0.2) is 0 Å². The third-order valence-electron chi connectivity index (χ3n) is 16.2. The van der Waals surface area contributed by atoms with Crippen LogP contribution in [0.25, 0.3) is 82.6 Å². The molecule has 0 spiro atoms. The summed E-state index contributed by atoms with van der Waals surface area (Å²) in [4.78, 5) is 29.8. The van der Waals surface area contributed by atoms with Gasteiger partial charge in [-0.25, -0.2) is 0 Å². The number of fused-ring (bicyclic) bond motifs is 13. The van der Waals surface area contributed by atoms with Crippen LogP contribution in [0.15, 0.2) is 219 Å². The van der Waals surface area contributed by atoms with Crippen LogP contribution in [0, 0.1) is 0 Å². The van der Waals surface area contributed by atoms with E-state index in [4.69, 9.17) is 19.9 Å². The Bertz CT molecular complexity index is 4400. The molecule has 8 nitrogen and oxygen atoms in total. The summed E-state index contributed by atoms with van der Waals surface area (Å²) >= 11 is 0. The van der Waals surface area contributed by atoms with E-state index in [0.717, 1.165) is 94.0 Å². The Balaban J connectivity index is 0.957. The first-order valence-corrected chi connectivity index (χ1v) is 25.6. The molecule has 0 fully saturated rings. The van der Waals surface area contributed by atoms with E-state index in [1.807, 2.05) is 24.7 Å². The highest BCUT2D eigenvalue weighted by atomic mass is 15.2. The molecule has 0 radical (unpaired) electrons. The second-order valence-corrected chi connectivity index (χ2v) is 21.0. The van der Waals surface area contributed by atoms with E-state index in [1.165, 1.54) is 45.0 Å². The fourth-order valence-corrected chi connectivity index (χ4v) is 12.5. The van der Waals surface area contributed by atoms with Crippen molar-refractivity contribution in [1.82, 2.24) is 29.5 Å². The van der Waals surface area contributed by atoms with Gasteiger partial charge < -0.3 is 14.4 Å². The Hall–Kier alpha value is -9.53. The van der Waals surface area contributed by atoms with Crippen LogP contribution in [0.2, 0.25) is 0 Å². The molecule has 8 heteroatoms. The minimum absolute atomic E-state index is 0.172. The van der Waals surface area contributed by atoms with Crippen molar-refractivity contribution < 1.29 is 0 Å². The van der Waals surface area contributed by atoms with E-state index in [-0.39, 0.29) is 10.8 Å². The van der Waals surface area contributed by atoms with E-state index in [2.05, 4.69) is 223 Å². The number of pyridine rings is 3. The van der Waals surface area contributed by atoms with Gasteiger partial charge in [0.2, 0.25) is 0 Å². The van der Waals surface area contributed by atoms with Gasteiger partial charge in [0.05, 0.1) is 67.7 Å². The van der Waals surface area contributed by atoms with Crippen LogP contribution >= 0.6 is 0 Å². The Labute approximate surface area is 433 Å². The van der Waals surface area contributed by atoms with Gasteiger partial charge in [-0.2, -0.15) is 0 Å². The zero-order valence-corrected chi connectivity index (χ0v) is 41.9. The minimum atomic E-state index is -0.186. The van der Waals surface area contributed by atoms with Gasteiger partial charge in [-0.1, -0.05) is 131 Å². The van der Waals surface area contributed by atoms with Crippen molar-refractivity contribution in [3.63, 3.8) is 0 Å². The summed E-state index contributed by atoms with van der Waals surface area (Å²) in [6.07, 6.45) is 11.2. The molecule has 356 valence electrons. The van der Waals surface area contributed by atoms with Crippen molar-refractivity contribution >= 4 is 88.8 Å². The maximum atomic E-state index is 5.35. The Morgan fingerprint density at radius 2 is 0.813 bits per heavy atom. The fraction of sp³-hybridized carbons (Fsp3) is 0.0896. The molecule has 75 heavy (non-hydrogen) atoms. The standard InChI is InChI=1S/C67H48N8/c1-66(2)52-18-5-9-22-57(52)73(58-23-10-6-19-53(58)66)45-27-29-56-49(35-45)48-28-26-46(74-59-24-11-7-20-54(59)67(3,4)55-21-8-12-25-60(55)74)37-61(48)75(56)47-36-51-63-62(69-31-32-70-63)50-34-44(39-71-64(50)65(51)72-40-47)42-16-13-15-41(33-42)43-17-14-30-68-38-43/h5-40H,1-4H3. The van der Waals surface area contributed by atoms with Crippen LogP contribution in [-0.2, 0) is 10.8 Å². The van der Waals surface area contributed by atoms with Crippen LogP contribution in [-0.4, -0.2) is 29.5 Å². The van der Waals surface area contributed by atoms with Gasteiger partial charge in [-0.3, -0.25) is 24.9 Å². The van der Waals surface area contributed by atoms with Gasteiger partial charge in [-0.05, 0) is 112 Å². The Morgan fingerprint density at radius 1 is 0.320 bits per heavy atom. The van der Waals surface area contributed by atoms with E-state index in [0.29, 0.717) is 0 Å². The highest BCUT2D eigenvalue weighted by Gasteiger charge is 2.38. The average molecular weight is 965 g/mol. The normalized spacial score (nSPS) is 14.3. The number of hydrogen-bond acceptors (Lipinski definition) is 7. The zero-order valence-electron chi connectivity index (χ0n) is 41.9. The molecule has 0 N–H and O–H groups in total. The number of para-hydroxylation sites is 4. The third-order valence-corrected chi connectivity index (χ3v) is 16.2. The first-order valence-electron chi connectivity index (χ1n) is 25.6. The number of anilines is 6. The number of hydrogen-bond donors (Lipinski definition) is 0. The molecule has 0 aliphatic carbocycles. The van der Waals surface area contributed by atoms with Gasteiger partial charge in [0.25, 0.3) is 0 Å². The monoisotopic (exact) mass is 964 g/mol. The van der Waals surface area contributed by atoms with Gasteiger partial charge in [0, 0.05) is 85.9 Å². The van der Waals surface area contributed by atoms with Crippen molar-refractivity contribution in [2.45, 2.75) is 38.5 Å². The van der Waals surface area contributed by atoms with Crippen molar-refractivity contribution in [2.75, 3.05) is 9.80 Å². The van der Waals surface area contributed by atoms with Crippen LogP contribution in [0.5, 0.6) is 0 Å². The quantitative estimate of drug-likeness (QED) is 0.159. The second-order valence-electron chi connectivity index (χ2n) is 21.0. The fourth-order valence-electron chi connectivity index (χ4n) is 12.5. The highest BCUT2D eigenvalue weighted by molar-refractivity contribution is 6.21. The maximum Gasteiger partial charge on any atom is 0.0989 e. The highest BCUT2D eigenvalue weighted by Crippen LogP contribution is 2.54. The summed E-state index contributed by atoms with van der Waals surface area (Å²) in [7, 11) is 0. The van der Waals surface area contributed by atoms with E-state index in [1.54, 1.807) is 18.6 Å². The molecule has 0 saturated heterocycles. The lowest BCUT2D eigenvalue weighted by Crippen LogP contribution is -2.30. The van der Waals surface area contributed by atoms with Crippen LogP contribution < -0.4 is 9.80 Å². The predicted molar refractivity (Wildman–Crippen MR) is 307 cm³/mol. The molecular formula is C67H48N8. The van der Waals surface area contributed by atoms with Crippen LogP contribution in [0.4, 0.5) is 34.1 Å². The first-order chi connectivity index (χ1) is 36.7. The van der Waals surface area contributed by atoms with Crippen molar-refractivity contribution in [1.29, 1.82) is 0 Å². The largest absolute Gasteiger partial charge is 0.310 e. The molecule has 0 saturated carbocycles. The summed E-state index contributed by atoms with van der Waals surface area (Å²) in [5, 5.41) is 4.06. The smallest absolute Gasteiger partial charge is 0.0989 e.